The van der Waals surface area contributed by atoms with Gasteiger partial charge in [0.2, 0.25) is 0 Å². The molecule has 7 nitrogen and oxygen atoms in total. The summed E-state index contributed by atoms with van der Waals surface area (Å²) in [6.45, 7) is 0.448. The minimum atomic E-state index is -2.92. The maximum absolute atomic E-state index is 11.6. The third-order valence-electron chi connectivity index (χ3n) is 4.39. The van der Waals surface area contributed by atoms with Gasteiger partial charge in [-0.05, 0) is 30.7 Å². The predicted molar refractivity (Wildman–Crippen MR) is 108 cm³/mol. The van der Waals surface area contributed by atoms with Crippen LogP contribution in [0.15, 0.2) is 45.8 Å². The van der Waals surface area contributed by atoms with Crippen molar-refractivity contribution in [2.75, 3.05) is 18.6 Å². The van der Waals surface area contributed by atoms with Crippen molar-refractivity contribution >= 4 is 37.4 Å². The molecule has 1 unspecified atom stereocenters. The molecular formula is C18H20N4O3S2. The molecule has 0 spiro atoms. The maximum atomic E-state index is 11.6. The Bertz CT molecular complexity index is 1050. The molecule has 0 saturated carbocycles. The van der Waals surface area contributed by atoms with Crippen LogP contribution in [0.25, 0.3) is 21.0 Å². The van der Waals surface area contributed by atoms with Crippen LogP contribution in [0.1, 0.15) is 12.2 Å². The minimum absolute atomic E-state index is 0.101. The molecule has 142 valence electrons. The van der Waals surface area contributed by atoms with E-state index in [1.54, 1.807) is 18.4 Å². The van der Waals surface area contributed by atoms with E-state index in [4.69, 9.17) is 4.42 Å². The van der Waals surface area contributed by atoms with Crippen LogP contribution in [-0.2, 0) is 16.4 Å². The average molecular weight is 405 g/mol. The second-order valence-electron chi connectivity index (χ2n) is 6.42. The van der Waals surface area contributed by atoms with Gasteiger partial charge in [-0.2, -0.15) is 0 Å². The number of aromatic nitrogens is 1. The lowest BCUT2D eigenvalue weighted by molar-refractivity contribution is 0.512. The standard InChI is InChI=1S/C18H20N4O3S2/c1-19-18(21-12-8-9-27(23,24)11-12)20-10-13-6-7-15(25-13)17-22-14-4-2-3-5-16(14)26-17/h2-7,12H,8-11H2,1H3,(H2,19,20,21). The number of fused-ring (bicyclic) bond motifs is 1. The Morgan fingerprint density at radius 1 is 1.33 bits per heavy atom. The average Bonchev–Trinajstić information content (AvgIpc) is 3.36. The lowest BCUT2D eigenvalue weighted by atomic mass is 10.3. The number of aliphatic imine (C=N–C) groups is 1. The predicted octanol–water partition coefficient (Wildman–Crippen LogP) is 2.41. The number of hydrogen-bond donors (Lipinski definition) is 2. The number of benzene rings is 1. The van der Waals surface area contributed by atoms with Crippen molar-refractivity contribution in [3.63, 3.8) is 0 Å². The summed E-state index contributed by atoms with van der Waals surface area (Å²) >= 11 is 1.60. The number of thiazole rings is 1. The first-order valence-corrected chi connectivity index (χ1v) is 11.3. The van der Waals surface area contributed by atoms with Gasteiger partial charge < -0.3 is 15.1 Å². The number of para-hydroxylation sites is 1. The Morgan fingerprint density at radius 2 is 2.19 bits per heavy atom. The molecule has 0 radical (unpaired) electrons. The van der Waals surface area contributed by atoms with Crippen LogP contribution < -0.4 is 10.6 Å². The zero-order valence-electron chi connectivity index (χ0n) is 14.8. The highest BCUT2D eigenvalue weighted by Crippen LogP contribution is 2.31. The second-order valence-corrected chi connectivity index (χ2v) is 9.68. The van der Waals surface area contributed by atoms with Crippen LogP contribution in [0, 0.1) is 0 Å². The molecule has 1 atom stereocenters. The van der Waals surface area contributed by atoms with E-state index in [9.17, 15) is 8.42 Å². The number of hydrogen-bond acceptors (Lipinski definition) is 6. The summed E-state index contributed by atoms with van der Waals surface area (Å²) < 4.78 is 30.2. The first-order chi connectivity index (χ1) is 13.0. The lowest BCUT2D eigenvalue weighted by Crippen LogP contribution is -2.43. The van der Waals surface area contributed by atoms with Gasteiger partial charge in [0.05, 0.1) is 28.3 Å². The summed E-state index contributed by atoms with van der Waals surface area (Å²) in [6, 6.07) is 11.7. The van der Waals surface area contributed by atoms with Crippen molar-refractivity contribution < 1.29 is 12.8 Å². The topological polar surface area (TPSA) is 96.6 Å². The highest BCUT2D eigenvalue weighted by molar-refractivity contribution is 7.91. The van der Waals surface area contributed by atoms with Gasteiger partial charge in [0.1, 0.15) is 5.76 Å². The Labute approximate surface area is 161 Å². The van der Waals surface area contributed by atoms with Gasteiger partial charge in [0, 0.05) is 13.1 Å². The van der Waals surface area contributed by atoms with Crippen LogP contribution in [0.3, 0.4) is 0 Å². The van der Waals surface area contributed by atoms with Gasteiger partial charge in [-0.3, -0.25) is 4.99 Å². The number of guanidine groups is 1. The monoisotopic (exact) mass is 404 g/mol. The van der Waals surface area contributed by atoms with E-state index in [0.717, 1.165) is 26.7 Å². The number of nitrogens with one attached hydrogen (secondary N) is 2. The van der Waals surface area contributed by atoms with Crippen molar-refractivity contribution in [2.24, 2.45) is 4.99 Å². The fourth-order valence-electron chi connectivity index (χ4n) is 3.03. The lowest BCUT2D eigenvalue weighted by Gasteiger charge is -2.15. The molecule has 27 heavy (non-hydrogen) atoms. The molecule has 1 aliphatic heterocycles. The third-order valence-corrected chi connectivity index (χ3v) is 7.21. The van der Waals surface area contributed by atoms with E-state index in [1.165, 1.54) is 0 Å². The van der Waals surface area contributed by atoms with Crippen molar-refractivity contribution in [1.29, 1.82) is 0 Å². The Hall–Kier alpha value is -2.39. The normalized spacial score (nSPS) is 19.4. The fraction of sp³-hybridized carbons (Fsp3) is 0.333. The number of furan rings is 1. The molecule has 1 aliphatic rings. The van der Waals surface area contributed by atoms with Gasteiger partial charge in [-0.1, -0.05) is 12.1 Å². The molecule has 0 bridgehead atoms. The van der Waals surface area contributed by atoms with Crippen LogP contribution >= 0.6 is 11.3 Å². The van der Waals surface area contributed by atoms with Gasteiger partial charge in [0.15, 0.2) is 26.6 Å². The van der Waals surface area contributed by atoms with Crippen molar-refractivity contribution in [3.8, 4) is 10.8 Å². The SMILES string of the molecule is CN=C(NCc1ccc(-c2nc3ccccc3s2)o1)NC1CCS(=O)(=O)C1. The van der Waals surface area contributed by atoms with E-state index in [-0.39, 0.29) is 17.5 Å². The molecule has 2 aromatic heterocycles. The van der Waals surface area contributed by atoms with Crippen LogP contribution in [0.5, 0.6) is 0 Å². The largest absolute Gasteiger partial charge is 0.457 e. The van der Waals surface area contributed by atoms with E-state index >= 15 is 0 Å². The quantitative estimate of drug-likeness (QED) is 0.512. The molecule has 4 rings (SSSR count). The molecule has 1 saturated heterocycles. The molecule has 3 heterocycles. The zero-order valence-corrected chi connectivity index (χ0v) is 16.4. The van der Waals surface area contributed by atoms with Crippen molar-refractivity contribution in [2.45, 2.75) is 19.0 Å². The summed E-state index contributed by atoms with van der Waals surface area (Å²) in [6.07, 6.45) is 0.603. The van der Waals surface area contributed by atoms with Gasteiger partial charge in [-0.25, -0.2) is 13.4 Å². The molecule has 1 fully saturated rings. The Balaban J connectivity index is 1.39. The van der Waals surface area contributed by atoms with E-state index in [1.807, 2.05) is 36.4 Å². The van der Waals surface area contributed by atoms with Gasteiger partial charge in [-0.15, -0.1) is 11.3 Å². The van der Waals surface area contributed by atoms with Crippen molar-refractivity contribution in [3.05, 3.63) is 42.2 Å². The maximum Gasteiger partial charge on any atom is 0.191 e. The van der Waals surface area contributed by atoms with Crippen LogP contribution in [0.4, 0.5) is 0 Å². The van der Waals surface area contributed by atoms with Crippen LogP contribution in [0.2, 0.25) is 0 Å². The molecular weight excluding hydrogens is 384 g/mol. The molecule has 1 aromatic carbocycles. The molecule has 0 aliphatic carbocycles. The molecule has 2 N–H and O–H groups in total. The van der Waals surface area contributed by atoms with E-state index < -0.39 is 9.84 Å². The first kappa shape index (κ1) is 18.0. The fourth-order valence-corrected chi connectivity index (χ4v) is 5.63. The van der Waals surface area contributed by atoms with Crippen molar-refractivity contribution in [1.82, 2.24) is 15.6 Å². The Morgan fingerprint density at radius 3 is 2.93 bits per heavy atom. The number of sulfone groups is 1. The third kappa shape index (κ3) is 4.14. The highest BCUT2D eigenvalue weighted by Gasteiger charge is 2.28. The summed E-state index contributed by atoms with van der Waals surface area (Å²) in [5.41, 5.74) is 0.963. The second kappa shape index (κ2) is 7.32. The number of nitrogens with zero attached hydrogens (tertiary/aromatic N) is 2. The first-order valence-electron chi connectivity index (χ1n) is 8.65. The van der Waals surface area contributed by atoms with Gasteiger partial charge >= 0.3 is 0 Å². The summed E-state index contributed by atoms with van der Waals surface area (Å²) in [5, 5.41) is 7.17. The van der Waals surface area contributed by atoms with E-state index in [2.05, 4.69) is 20.6 Å². The highest BCUT2D eigenvalue weighted by atomic mass is 32.2. The van der Waals surface area contributed by atoms with Crippen LogP contribution in [-0.4, -0.2) is 44.0 Å². The molecule has 9 heteroatoms. The van der Waals surface area contributed by atoms with E-state index in [0.29, 0.717) is 18.9 Å². The summed E-state index contributed by atoms with van der Waals surface area (Å²) in [4.78, 5) is 8.76. The summed E-state index contributed by atoms with van der Waals surface area (Å²) in [7, 11) is -1.26. The Kier molecular flexibility index (Phi) is 4.88. The molecule has 3 aromatic rings. The minimum Gasteiger partial charge on any atom is -0.457 e. The smallest absolute Gasteiger partial charge is 0.191 e. The number of rotatable bonds is 4. The zero-order chi connectivity index (χ0) is 18.9. The summed E-state index contributed by atoms with van der Waals surface area (Å²) in [5.74, 6) is 2.43. The van der Waals surface area contributed by atoms with Gasteiger partial charge in [0.25, 0.3) is 0 Å². The molecule has 0 amide bonds.